The molecule has 0 fully saturated rings. The molecule has 0 radical (unpaired) electrons. The molecule has 0 aliphatic carbocycles. The van der Waals surface area contributed by atoms with Gasteiger partial charge in [-0.3, -0.25) is 4.79 Å². The van der Waals surface area contributed by atoms with Crippen LogP contribution in [0.3, 0.4) is 0 Å². The Kier molecular flexibility index (Phi) is 6.29. The molecule has 0 unspecified atom stereocenters. The standard InChI is InChI=1S/C22H24N4O3/c1-14-6-5-7-15(2)21(14)24-22(27)17-9-11-20(26-25-17)23-13-16-8-10-18(28-3)19(12-16)29-4/h5-12H,13H2,1-4H3,(H,23,26)(H,24,27). The van der Waals surface area contributed by atoms with Crippen molar-refractivity contribution in [1.29, 1.82) is 0 Å². The molecule has 0 aliphatic heterocycles. The number of nitrogens with zero attached hydrogens (tertiary/aromatic N) is 2. The maximum atomic E-state index is 12.5. The second kappa shape index (κ2) is 9.05. The van der Waals surface area contributed by atoms with E-state index in [9.17, 15) is 4.79 Å². The molecule has 29 heavy (non-hydrogen) atoms. The minimum atomic E-state index is -0.290. The molecule has 0 spiro atoms. The Hall–Kier alpha value is -3.61. The number of amides is 1. The highest BCUT2D eigenvalue weighted by Crippen LogP contribution is 2.27. The molecular formula is C22H24N4O3. The van der Waals surface area contributed by atoms with Gasteiger partial charge in [-0.25, -0.2) is 0 Å². The number of nitrogens with one attached hydrogen (secondary N) is 2. The van der Waals surface area contributed by atoms with E-state index in [1.165, 1.54) is 0 Å². The fraction of sp³-hybridized carbons (Fsp3) is 0.227. The number of para-hydroxylation sites is 1. The zero-order valence-electron chi connectivity index (χ0n) is 16.9. The highest BCUT2D eigenvalue weighted by Gasteiger charge is 2.12. The number of carbonyl (C=O) groups is 1. The lowest BCUT2D eigenvalue weighted by atomic mass is 10.1. The van der Waals surface area contributed by atoms with Crippen LogP contribution in [0.1, 0.15) is 27.2 Å². The summed E-state index contributed by atoms with van der Waals surface area (Å²) >= 11 is 0. The first-order valence-electron chi connectivity index (χ1n) is 9.18. The van der Waals surface area contributed by atoms with E-state index in [0.717, 1.165) is 22.4 Å². The summed E-state index contributed by atoms with van der Waals surface area (Å²) in [5.74, 6) is 1.62. The van der Waals surface area contributed by atoms with E-state index < -0.39 is 0 Å². The van der Waals surface area contributed by atoms with Gasteiger partial charge in [0.1, 0.15) is 5.82 Å². The number of hydrogen-bond acceptors (Lipinski definition) is 6. The number of hydrogen-bond donors (Lipinski definition) is 2. The Bertz CT molecular complexity index is 983. The van der Waals surface area contributed by atoms with Crippen LogP contribution in [0, 0.1) is 13.8 Å². The summed E-state index contributed by atoms with van der Waals surface area (Å²) in [6, 6.07) is 14.9. The summed E-state index contributed by atoms with van der Waals surface area (Å²) in [5, 5.41) is 14.2. The molecule has 150 valence electrons. The van der Waals surface area contributed by atoms with Crippen molar-refractivity contribution in [1.82, 2.24) is 10.2 Å². The first-order chi connectivity index (χ1) is 14.0. The van der Waals surface area contributed by atoms with Crippen LogP contribution in [-0.2, 0) is 6.54 Å². The highest BCUT2D eigenvalue weighted by molar-refractivity contribution is 6.03. The van der Waals surface area contributed by atoms with Crippen LogP contribution in [0.5, 0.6) is 11.5 Å². The average molecular weight is 392 g/mol. The lowest BCUT2D eigenvalue weighted by molar-refractivity contribution is 0.102. The summed E-state index contributed by atoms with van der Waals surface area (Å²) in [7, 11) is 3.20. The maximum absolute atomic E-state index is 12.5. The molecule has 1 aromatic heterocycles. The molecule has 0 saturated carbocycles. The van der Waals surface area contributed by atoms with E-state index in [1.807, 2.05) is 50.2 Å². The zero-order valence-corrected chi connectivity index (χ0v) is 16.9. The van der Waals surface area contributed by atoms with Crippen molar-refractivity contribution in [3.63, 3.8) is 0 Å². The summed E-state index contributed by atoms with van der Waals surface area (Å²) < 4.78 is 10.6. The lowest BCUT2D eigenvalue weighted by Crippen LogP contribution is -2.16. The van der Waals surface area contributed by atoms with Crippen molar-refractivity contribution in [2.24, 2.45) is 0 Å². The first kappa shape index (κ1) is 20.1. The third kappa shape index (κ3) is 4.82. The normalized spacial score (nSPS) is 10.3. The number of rotatable bonds is 7. The Morgan fingerprint density at radius 2 is 1.66 bits per heavy atom. The lowest BCUT2D eigenvalue weighted by Gasteiger charge is -2.11. The molecule has 0 aliphatic rings. The van der Waals surface area contributed by atoms with Gasteiger partial charge in [-0.1, -0.05) is 24.3 Å². The van der Waals surface area contributed by atoms with Gasteiger partial charge in [0.15, 0.2) is 17.2 Å². The fourth-order valence-corrected chi connectivity index (χ4v) is 2.92. The smallest absolute Gasteiger partial charge is 0.276 e. The van der Waals surface area contributed by atoms with E-state index in [1.54, 1.807) is 26.4 Å². The topological polar surface area (TPSA) is 85.4 Å². The summed E-state index contributed by atoms with van der Waals surface area (Å²) in [6.45, 7) is 4.44. The molecular weight excluding hydrogens is 368 g/mol. The van der Waals surface area contributed by atoms with E-state index in [0.29, 0.717) is 23.9 Å². The summed E-state index contributed by atoms with van der Waals surface area (Å²) in [6.07, 6.45) is 0. The van der Waals surface area contributed by atoms with E-state index in [2.05, 4.69) is 20.8 Å². The Morgan fingerprint density at radius 3 is 2.28 bits per heavy atom. The number of aryl methyl sites for hydroxylation is 2. The molecule has 0 saturated heterocycles. The maximum Gasteiger partial charge on any atom is 0.276 e. The summed E-state index contributed by atoms with van der Waals surface area (Å²) in [4.78, 5) is 12.5. The third-order valence-corrected chi connectivity index (χ3v) is 4.54. The van der Waals surface area contributed by atoms with Crippen LogP contribution in [-0.4, -0.2) is 30.3 Å². The minimum absolute atomic E-state index is 0.254. The van der Waals surface area contributed by atoms with Crippen LogP contribution >= 0.6 is 0 Å². The zero-order chi connectivity index (χ0) is 20.8. The molecule has 1 heterocycles. The molecule has 7 nitrogen and oxygen atoms in total. The average Bonchev–Trinajstić information content (AvgIpc) is 2.75. The first-order valence-corrected chi connectivity index (χ1v) is 9.18. The Morgan fingerprint density at radius 1 is 0.931 bits per heavy atom. The van der Waals surface area contributed by atoms with Crippen molar-refractivity contribution < 1.29 is 14.3 Å². The highest BCUT2D eigenvalue weighted by atomic mass is 16.5. The molecule has 0 atom stereocenters. The predicted octanol–water partition coefficient (Wildman–Crippen LogP) is 3.98. The molecule has 2 N–H and O–H groups in total. The van der Waals surface area contributed by atoms with Crippen LogP contribution in [0.2, 0.25) is 0 Å². The number of methoxy groups -OCH3 is 2. The van der Waals surface area contributed by atoms with Gasteiger partial charge in [-0.15, -0.1) is 10.2 Å². The molecule has 3 rings (SSSR count). The number of benzene rings is 2. The minimum Gasteiger partial charge on any atom is -0.493 e. The predicted molar refractivity (Wildman–Crippen MR) is 113 cm³/mol. The summed E-state index contributed by atoms with van der Waals surface area (Å²) in [5.41, 5.74) is 4.06. The fourth-order valence-electron chi connectivity index (χ4n) is 2.92. The van der Waals surface area contributed by atoms with Crippen molar-refractivity contribution in [2.75, 3.05) is 24.9 Å². The molecule has 7 heteroatoms. The molecule has 0 bridgehead atoms. The van der Waals surface area contributed by atoms with Crippen molar-refractivity contribution in [2.45, 2.75) is 20.4 Å². The SMILES string of the molecule is COc1ccc(CNc2ccc(C(=O)Nc3c(C)cccc3C)nn2)cc1OC. The van der Waals surface area contributed by atoms with Crippen molar-refractivity contribution in [3.8, 4) is 11.5 Å². The Labute approximate surface area is 170 Å². The number of aromatic nitrogens is 2. The van der Waals surface area contributed by atoms with Crippen LogP contribution < -0.4 is 20.1 Å². The number of anilines is 2. The molecule has 2 aromatic carbocycles. The third-order valence-electron chi connectivity index (χ3n) is 4.54. The second-order valence-electron chi connectivity index (χ2n) is 6.57. The monoisotopic (exact) mass is 392 g/mol. The van der Waals surface area contributed by atoms with Crippen LogP contribution in [0.25, 0.3) is 0 Å². The van der Waals surface area contributed by atoms with Gasteiger partial charge in [0.2, 0.25) is 0 Å². The second-order valence-corrected chi connectivity index (χ2v) is 6.57. The van der Waals surface area contributed by atoms with Crippen molar-refractivity contribution >= 4 is 17.4 Å². The van der Waals surface area contributed by atoms with E-state index in [4.69, 9.17) is 9.47 Å². The van der Waals surface area contributed by atoms with Gasteiger partial charge in [-0.05, 0) is 54.8 Å². The number of ether oxygens (including phenoxy) is 2. The van der Waals surface area contributed by atoms with Gasteiger partial charge >= 0.3 is 0 Å². The van der Waals surface area contributed by atoms with Crippen LogP contribution in [0.15, 0.2) is 48.5 Å². The van der Waals surface area contributed by atoms with Gasteiger partial charge in [-0.2, -0.15) is 0 Å². The largest absolute Gasteiger partial charge is 0.493 e. The van der Waals surface area contributed by atoms with Crippen LogP contribution in [0.4, 0.5) is 11.5 Å². The van der Waals surface area contributed by atoms with Gasteiger partial charge < -0.3 is 20.1 Å². The van der Waals surface area contributed by atoms with Gasteiger partial charge in [0.25, 0.3) is 5.91 Å². The quantitative estimate of drug-likeness (QED) is 0.633. The van der Waals surface area contributed by atoms with E-state index >= 15 is 0 Å². The van der Waals surface area contributed by atoms with Gasteiger partial charge in [0.05, 0.1) is 14.2 Å². The van der Waals surface area contributed by atoms with Crippen molar-refractivity contribution in [3.05, 3.63) is 70.9 Å². The number of carbonyl (C=O) groups excluding carboxylic acids is 1. The molecule has 3 aromatic rings. The Balaban J connectivity index is 1.63. The van der Waals surface area contributed by atoms with Gasteiger partial charge in [0, 0.05) is 12.2 Å². The van der Waals surface area contributed by atoms with E-state index in [-0.39, 0.29) is 11.6 Å². The molecule has 1 amide bonds.